The molecule has 0 aliphatic carbocycles. The van der Waals surface area contributed by atoms with Crippen molar-refractivity contribution < 1.29 is 0 Å². The number of rotatable bonds is 4. The highest BCUT2D eigenvalue weighted by Crippen LogP contribution is 2.32. The summed E-state index contributed by atoms with van der Waals surface area (Å²) in [6.07, 6.45) is 3.89. The molecular formula is C18H18N2S3. The van der Waals surface area contributed by atoms with Crippen LogP contribution in [-0.4, -0.2) is 10.7 Å². The first-order chi connectivity index (χ1) is 11.0. The number of thiazole rings is 1. The molecule has 0 unspecified atom stereocenters. The molecule has 2 nitrogen and oxygen atoms in total. The van der Waals surface area contributed by atoms with Gasteiger partial charge >= 0.3 is 0 Å². The van der Waals surface area contributed by atoms with Gasteiger partial charge in [0.05, 0.1) is 10.6 Å². The number of aliphatic imine (C=N–C) groups is 1. The first-order valence-corrected chi connectivity index (χ1v) is 9.79. The average molecular weight is 359 g/mol. The number of aromatic nitrogens is 1. The average Bonchev–Trinajstić information content (AvgIpc) is 3.24. The summed E-state index contributed by atoms with van der Waals surface area (Å²) in [6.45, 7) is 8.37. The van der Waals surface area contributed by atoms with Crippen LogP contribution in [-0.2, 0) is 0 Å². The van der Waals surface area contributed by atoms with Crippen LogP contribution < -0.4 is 0 Å². The van der Waals surface area contributed by atoms with Crippen molar-refractivity contribution in [3.05, 3.63) is 56.3 Å². The molecule has 0 aromatic carbocycles. The van der Waals surface area contributed by atoms with Crippen molar-refractivity contribution in [2.24, 2.45) is 4.99 Å². The van der Waals surface area contributed by atoms with Crippen molar-refractivity contribution in [3.8, 4) is 9.75 Å². The van der Waals surface area contributed by atoms with Gasteiger partial charge in [0.15, 0.2) is 0 Å². The predicted octanol–water partition coefficient (Wildman–Crippen LogP) is 6.42. The maximum Gasteiger partial charge on any atom is 0.137 e. The first kappa shape index (κ1) is 16.3. The summed E-state index contributed by atoms with van der Waals surface area (Å²) >= 11 is 5.30. The van der Waals surface area contributed by atoms with Crippen LogP contribution in [0.5, 0.6) is 0 Å². The Bertz CT molecular complexity index is 878. The third-order valence-electron chi connectivity index (χ3n) is 3.38. The van der Waals surface area contributed by atoms with E-state index in [1.54, 1.807) is 34.0 Å². The summed E-state index contributed by atoms with van der Waals surface area (Å²) in [5, 5.41) is 0.984. The minimum Gasteiger partial charge on any atom is -0.258 e. The SMILES string of the molecule is C/C(=C\N=C(/C)c1ncc(-c2ccc(C)s2)s1)c1ccc(C)s1. The minimum absolute atomic E-state index is 0.960. The van der Waals surface area contributed by atoms with Gasteiger partial charge in [-0.3, -0.25) is 4.99 Å². The maximum absolute atomic E-state index is 4.60. The van der Waals surface area contributed by atoms with Crippen molar-refractivity contribution >= 4 is 45.3 Å². The smallest absolute Gasteiger partial charge is 0.137 e. The van der Waals surface area contributed by atoms with Crippen LogP contribution in [0.1, 0.15) is 33.5 Å². The van der Waals surface area contributed by atoms with Crippen LogP contribution >= 0.6 is 34.0 Å². The molecular weight excluding hydrogens is 340 g/mol. The zero-order valence-electron chi connectivity index (χ0n) is 13.6. The molecule has 0 saturated heterocycles. The second-order valence-corrected chi connectivity index (χ2v) is 8.98. The highest BCUT2D eigenvalue weighted by molar-refractivity contribution is 7.22. The quantitative estimate of drug-likeness (QED) is 0.494. The minimum atomic E-state index is 0.960. The predicted molar refractivity (Wildman–Crippen MR) is 105 cm³/mol. The van der Waals surface area contributed by atoms with Gasteiger partial charge < -0.3 is 0 Å². The fourth-order valence-corrected chi connectivity index (χ4v) is 4.72. The van der Waals surface area contributed by atoms with Crippen LogP contribution in [0.3, 0.4) is 0 Å². The molecule has 3 rings (SSSR count). The molecule has 118 valence electrons. The van der Waals surface area contributed by atoms with E-state index in [0.29, 0.717) is 0 Å². The molecule has 0 bridgehead atoms. The van der Waals surface area contributed by atoms with E-state index in [0.717, 1.165) is 10.7 Å². The lowest BCUT2D eigenvalue weighted by molar-refractivity contribution is 1.36. The molecule has 0 atom stereocenters. The molecule has 3 aromatic rings. The molecule has 0 fully saturated rings. The second-order valence-electron chi connectivity index (χ2n) is 5.38. The van der Waals surface area contributed by atoms with Gasteiger partial charge in [0.25, 0.3) is 0 Å². The molecule has 3 heterocycles. The number of thiophene rings is 2. The third kappa shape index (κ3) is 3.86. The van der Waals surface area contributed by atoms with Gasteiger partial charge in [0, 0.05) is 31.9 Å². The highest BCUT2D eigenvalue weighted by atomic mass is 32.1. The summed E-state index contributed by atoms with van der Waals surface area (Å²) in [5.41, 5.74) is 2.15. The van der Waals surface area contributed by atoms with Crippen molar-refractivity contribution in [3.63, 3.8) is 0 Å². The zero-order chi connectivity index (χ0) is 16.4. The Morgan fingerprint density at radius 2 is 1.70 bits per heavy atom. The van der Waals surface area contributed by atoms with E-state index in [9.17, 15) is 0 Å². The van der Waals surface area contributed by atoms with Gasteiger partial charge in [-0.2, -0.15) is 0 Å². The topological polar surface area (TPSA) is 25.2 Å². The van der Waals surface area contributed by atoms with E-state index >= 15 is 0 Å². The Morgan fingerprint density at radius 3 is 2.35 bits per heavy atom. The van der Waals surface area contributed by atoms with Crippen molar-refractivity contribution in [2.75, 3.05) is 0 Å². The number of hydrogen-bond acceptors (Lipinski definition) is 5. The molecule has 5 heteroatoms. The van der Waals surface area contributed by atoms with E-state index in [1.165, 1.54) is 30.0 Å². The van der Waals surface area contributed by atoms with E-state index in [4.69, 9.17) is 0 Å². The van der Waals surface area contributed by atoms with Gasteiger partial charge in [-0.1, -0.05) is 0 Å². The van der Waals surface area contributed by atoms with Crippen molar-refractivity contribution in [1.29, 1.82) is 0 Å². The fourth-order valence-electron chi connectivity index (χ4n) is 2.08. The Morgan fingerprint density at radius 1 is 0.957 bits per heavy atom. The maximum atomic E-state index is 4.60. The molecule has 0 radical (unpaired) electrons. The van der Waals surface area contributed by atoms with Gasteiger partial charge in [-0.25, -0.2) is 4.98 Å². The number of hydrogen-bond donors (Lipinski definition) is 0. The lowest BCUT2D eigenvalue weighted by Gasteiger charge is -1.95. The van der Waals surface area contributed by atoms with E-state index in [1.807, 2.05) is 19.3 Å². The van der Waals surface area contributed by atoms with Crippen molar-refractivity contribution in [1.82, 2.24) is 4.98 Å². The van der Waals surface area contributed by atoms with E-state index in [-0.39, 0.29) is 0 Å². The van der Waals surface area contributed by atoms with Crippen LogP contribution in [0.4, 0.5) is 0 Å². The lowest BCUT2D eigenvalue weighted by atomic mass is 10.3. The summed E-state index contributed by atoms with van der Waals surface area (Å²) in [7, 11) is 0. The lowest BCUT2D eigenvalue weighted by Crippen LogP contribution is -1.91. The molecule has 0 aliphatic rings. The highest BCUT2D eigenvalue weighted by Gasteiger charge is 2.08. The van der Waals surface area contributed by atoms with Gasteiger partial charge in [-0.05, 0) is 57.5 Å². The summed E-state index contributed by atoms with van der Waals surface area (Å²) in [6, 6.07) is 8.60. The standard InChI is InChI=1S/C18H18N2S3/c1-11(15-7-5-12(2)21-15)9-19-14(4)18-20-10-17(23-18)16-8-6-13(3)22-16/h5-10H,1-4H3/b11-9+,19-14+. The summed E-state index contributed by atoms with van der Waals surface area (Å²) < 4.78 is 0. The van der Waals surface area contributed by atoms with Crippen molar-refractivity contribution in [2.45, 2.75) is 27.7 Å². The van der Waals surface area contributed by atoms with Crippen LogP contribution in [0, 0.1) is 13.8 Å². The molecule has 0 N–H and O–H groups in total. The largest absolute Gasteiger partial charge is 0.258 e. The molecule has 23 heavy (non-hydrogen) atoms. The monoisotopic (exact) mass is 358 g/mol. The zero-order valence-corrected chi connectivity index (χ0v) is 16.0. The Hall–Kier alpha value is -1.56. The van der Waals surface area contributed by atoms with E-state index < -0.39 is 0 Å². The molecule has 0 aliphatic heterocycles. The molecule has 0 spiro atoms. The Balaban J connectivity index is 1.80. The van der Waals surface area contributed by atoms with E-state index in [2.05, 4.69) is 55.0 Å². The number of allylic oxidation sites excluding steroid dienone is 1. The Labute approximate surface area is 148 Å². The summed E-state index contributed by atoms with van der Waals surface area (Å²) in [5.74, 6) is 0. The fraction of sp³-hybridized carbons (Fsp3) is 0.222. The Kier molecular flexibility index (Phi) is 4.90. The molecule has 3 aromatic heterocycles. The second kappa shape index (κ2) is 6.91. The summed E-state index contributed by atoms with van der Waals surface area (Å²) in [4.78, 5) is 15.5. The van der Waals surface area contributed by atoms with Crippen LogP contribution in [0.25, 0.3) is 15.3 Å². The van der Waals surface area contributed by atoms with Crippen LogP contribution in [0.2, 0.25) is 0 Å². The first-order valence-electron chi connectivity index (χ1n) is 7.34. The van der Waals surface area contributed by atoms with Gasteiger partial charge in [-0.15, -0.1) is 34.0 Å². The normalized spacial score (nSPS) is 12.9. The third-order valence-corrected chi connectivity index (χ3v) is 6.82. The van der Waals surface area contributed by atoms with Gasteiger partial charge in [0.2, 0.25) is 0 Å². The molecule has 0 amide bonds. The van der Waals surface area contributed by atoms with Gasteiger partial charge in [0.1, 0.15) is 5.01 Å². The number of aryl methyl sites for hydroxylation is 2. The molecule has 0 saturated carbocycles. The van der Waals surface area contributed by atoms with Crippen LogP contribution in [0.15, 0.2) is 41.7 Å². The number of nitrogens with zero attached hydrogens (tertiary/aromatic N) is 2.